The van der Waals surface area contributed by atoms with Gasteiger partial charge in [0.05, 0.1) is 5.52 Å². The molecule has 0 unspecified atom stereocenters. The molecule has 1 aromatic carbocycles. The van der Waals surface area contributed by atoms with Crippen molar-refractivity contribution in [3.05, 3.63) is 28.9 Å². The summed E-state index contributed by atoms with van der Waals surface area (Å²) < 4.78 is 17.2. The van der Waals surface area contributed by atoms with Crippen molar-refractivity contribution in [3.8, 4) is 0 Å². The van der Waals surface area contributed by atoms with E-state index in [0.29, 0.717) is 10.9 Å². The standard InChI is InChI=1S/C8H6FNS/c1-5-2-3-7-6(8(5)9)4-11-10-7/h2-4H,1H3. The molecule has 0 radical (unpaired) electrons. The molecule has 1 nitrogen and oxygen atoms in total. The second-order valence-corrected chi connectivity index (χ2v) is 3.07. The maximum atomic E-state index is 13.2. The minimum Gasteiger partial charge on any atom is -0.206 e. The van der Waals surface area contributed by atoms with Gasteiger partial charge in [0.25, 0.3) is 0 Å². The Labute approximate surface area is 67.6 Å². The van der Waals surface area contributed by atoms with Crippen LogP contribution < -0.4 is 0 Å². The summed E-state index contributed by atoms with van der Waals surface area (Å²) in [6.45, 7) is 1.76. The molecule has 0 aliphatic heterocycles. The van der Waals surface area contributed by atoms with E-state index in [1.165, 1.54) is 11.5 Å². The van der Waals surface area contributed by atoms with E-state index in [9.17, 15) is 4.39 Å². The van der Waals surface area contributed by atoms with Gasteiger partial charge < -0.3 is 0 Å². The van der Waals surface area contributed by atoms with Crippen LogP contribution >= 0.6 is 11.5 Å². The molecule has 0 amide bonds. The van der Waals surface area contributed by atoms with Gasteiger partial charge in [0.1, 0.15) is 5.82 Å². The van der Waals surface area contributed by atoms with Crippen molar-refractivity contribution < 1.29 is 4.39 Å². The highest BCUT2D eigenvalue weighted by Crippen LogP contribution is 2.20. The largest absolute Gasteiger partial charge is 0.206 e. The van der Waals surface area contributed by atoms with E-state index in [1.807, 2.05) is 6.07 Å². The Hall–Kier alpha value is -0.960. The average Bonchev–Trinajstić information content (AvgIpc) is 2.45. The minimum absolute atomic E-state index is 0.142. The third-order valence-electron chi connectivity index (χ3n) is 1.67. The van der Waals surface area contributed by atoms with Crippen LogP contribution in [0.3, 0.4) is 0 Å². The Morgan fingerprint density at radius 3 is 3.09 bits per heavy atom. The van der Waals surface area contributed by atoms with Gasteiger partial charge in [-0.3, -0.25) is 0 Å². The van der Waals surface area contributed by atoms with Gasteiger partial charge in [0.15, 0.2) is 0 Å². The van der Waals surface area contributed by atoms with Crippen LogP contribution in [0.4, 0.5) is 4.39 Å². The molecule has 0 saturated carbocycles. The molecule has 0 bridgehead atoms. The van der Waals surface area contributed by atoms with Crippen molar-refractivity contribution in [2.24, 2.45) is 0 Å². The quantitative estimate of drug-likeness (QED) is 0.588. The first kappa shape index (κ1) is 6.73. The van der Waals surface area contributed by atoms with Crippen LogP contribution in [0.1, 0.15) is 5.56 Å². The lowest BCUT2D eigenvalue weighted by molar-refractivity contribution is 0.631. The summed E-state index contributed by atoms with van der Waals surface area (Å²) in [7, 11) is 0. The molecule has 11 heavy (non-hydrogen) atoms. The van der Waals surface area contributed by atoms with E-state index >= 15 is 0 Å². The molecule has 0 N–H and O–H groups in total. The molecule has 1 aromatic heterocycles. The number of benzene rings is 1. The highest BCUT2D eigenvalue weighted by Gasteiger charge is 2.04. The van der Waals surface area contributed by atoms with Crippen LogP contribution in [0, 0.1) is 12.7 Å². The fourth-order valence-electron chi connectivity index (χ4n) is 1.02. The first-order chi connectivity index (χ1) is 5.29. The molecule has 0 saturated heterocycles. The second kappa shape index (κ2) is 2.27. The Balaban J connectivity index is 2.93. The van der Waals surface area contributed by atoms with E-state index in [1.54, 1.807) is 18.4 Å². The monoisotopic (exact) mass is 167 g/mol. The molecule has 0 spiro atoms. The van der Waals surface area contributed by atoms with Gasteiger partial charge >= 0.3 is 0 Å². The number of rotatable bonds is 0. The summed E-state index contributed by atoms with van der Waals surface area (Å²) in [6, 6.07) is 3.58. The Morgan fingerprint density at radius 1 is 1.45 bits per heavy atom. The summed E-state index contributed by atoms with van der Waals surface area (Å²) in [6.07, 6.45) is 0. The minimum atomic E-state index is -0.142. The zero-order valence-electron chi connectivity index (χ0n) is 5.97. The molecule has 56 valence electrons. The summed E-state index contributed by atoms with van der Waals surface area (Å²) >= 11 is 1.29. The van der Waals surface area contributed by atoms with Crippen LogP contribution in [0.15, 0.2) is 17.5 Å². The molecular weight excluding hydrogens is 161 g/mol. The van der Waals surface area contributed by atoms with Crippen LogP contribution in [0.5, 0.6) is 0 Å². The number of hydrogen-bond acceptors (Lipinski definition) is 2. The zero-order chi connectivity index (χ0) is 7.84. The molecule has 0 aliphatic carbocycles. The van der Waals surface area contributed by atoms with Gasteiger partial charge in [-0.25, -0.2) is 4.39 Å². The Morgan fingerprint density at radius 2 is 2.27 bits per heavy atom. The molecule has 2 aromatic rings. The fraction of sp³-hybridized carbons (Fsp3) is 0.125. The first-order valence-electron chi connectivity index (χ1n) is 3.28. The number of aromatic nitrogens is 1. The molecule has 0 aliphatic rings. The van der Waals surface area contributed by atoms with E-state index in [4.69, 9.17) is 0 Å². The maximum absolute atomic E-state index is 13.2. The molecular formula is C8H6FNS. The van der Waals surface area contributed by atoms with Crippen molar-refractivity contribution in [1.29, 1.82) is 0 Å². The number of hydrogen-bond donors (Lipinski definition) is 0. The lowest BCUT2D eigenvalue weighted by Gasteiger charge is -1.94. The lowest BCUT2D eigenvalue weighted by atomic mass is 10.2. The summed E-state index contributed by atoms with van der Waals surface area (Å²) in [5.41, 5.74) is 1.43. The van der Waals surface area contributed by atoms with E-state index < -0.39 is 0 Å². The molecule has 0 fully saturated rings. The third kappa shape index (κ3) is 0.922. The normalized spacial score (nSPS) is 10.7. The Kier molecular flexibility index (Phi) is 1.39. The third-order valence-corrected chi connectivity index (χ3v) is 2.31. The molecule has 0 atom stereocenters. The van der Waals surface area contributed by atoms with E-state index in [2.05, 4.69) is 4.37 Å². The topological polar surface area (TPSA) is 12.9 Å². The Bertz CT molecular complexity index is 394. The van der Waals surface area contributed by atoms with Gasteiger partial charge in [0.2, 0.25) is 0 Å². The van der Waals surface area contributed by atoms with Crippen LogP contribution in [-0.2, 0) is 0 Å². The second-order valence-electron chi connectivity index (χ2n) is 2.44. The average molecular weight is 167 g/mol. The van der Waals surface area contributed by atoms with Gasteiger partial charge in [-0.05, 0) is 30.1 Å². The molecule has 3 heteroatoms. The van der Waals surface area contributed by atoms with E-state index in [-0.39, 0.29) is 5.82 Å². The maximum Gasteiger partial charge on any atom is 0.136 e. The SMILES string of the molecule is Cc1ccc2nscc2c1F. The van der Waals surface area contributed by atoms with Gasteiger partial charge in [-0.15, -0.1) is 0 Å². The highest BCUT2D eigenvalue weighted by atomic mass is 32.1. The predicted molar refractivity (Wildman–Crippen MR) is 44.3 cm³/mol. The van der Waals surface area contributed by atoms with Crippen molar-refractivity contribution in [2.45, 2.75) is 6.92 Å². The first-order valence-corrected chi connectivity index (χ1v) is 4.12. The van der Waals surface area contributed by atoms with Crippen molar-refractivity contribution >= 4 is 22.4 Å². The van der Waals surface area contributed by atoms with Crippen molar-refractivity contribution in [3.63, 3.8) is 0 Å². The number of nitrogens with zero attached hydrogens (tertiary/aromatic N) is 1. The van der Waals surface area contributed by atoms with E-state index in [0.717, 1.165) is 5.52 Å². The number of halogens is 1. The fourth-order valence-corrected chi connectivity index (χ4v) is 1.67. The smallest absolute Gasteiger partial charge is 0.136 e. The summed E-state index contributed by atoms with van der Waals surface area (Å²) in [4.78, 5) is 0. The molecule has 1 heterocycles. The van der Waals surface area contributed by atoms with Gasteiger partial charge in [0, 0.05) is 10.8 Å². The summed E-state index contributed by atoms with van der Waals surface area (Å²) in [5, 5.41) is 2.37. The number of aryl methyl sites for hydroxylation is 1. The predicted octanol–water partition coefficient (Wildman–Crippen LogP) is 2.74. The van der Waals surface area contributed by atoms with Crippen LogP contribution in [0.25, 0.3) is 10.9 Å². The lowest BCUT2D eigenvalue weighted by Crippen LogP contribution is -1.81. The van der Waals surface area contributed by atoms with Crippen LogP contribution in [-0.4, -0.2) is 4.37 Å². The molecule has 2 rings (SSSR count). The van der Waals surface area contributed by atoms with Gasteiger partial charge in [-0.2, -0.15) is 4.37 Å². The van der Waals surface area contributed by atoms with Crippen molar-refractivity contribution in [1.82, 2.24) is 4.37 Å². The van der Waals surface area contributed by atoms with Crippen molar-refractivity contribution in [2.75, 3.05) is 0 Å². The summed E-state index contributed by atoms with van der Waals surface area (Å²) in [5.74, 6) is -0.142. The zero-order valence-corrected chi connectivity index (χ0v) is 6.78. The van der Waals surface area contributed by atoms with Crippen LogP contribution in [0.2, 0.25) is 0 Å². The number of fused-ring (bicyclic) bond motifs is 1. The van der Waals surface area contributed by atoms with Gasteiger partial charge in [-0.1, -0.05) is 6.07 Å². The highest BCUT2D eigenvalue weighted by molar-refractivity contribution is 7.04.